The molecular formula is C14H24ClN3. The van der Waals surface area contributed by atoms with Gasteiger partial charge in [-0.2, -0.15) is 5.10 Å². The molecule has 1 unspecified atom stereocenters. The van der Waals surface area contributed by atoms with Gasteiger partial charge in [0.2, 0.25) is 0 Å². The highest BCUT2D eigenvalue weighted by molar-refractivity contribution is 6.20. The van der Waals surface area contributed by atoms with E-state index in [4.69, 9.17) is 11.6 Å². The summed E-state index contributed by atoms with van der Waals surface area (Å²) in [5, 5.41) is 4.61. The smallest absolute Gasteiger partial charge is 0.138 e. The van der Waals surface area contributed by atoms with E-state index in [1.807, 2.05) is 4.68 Å². The lowest BCUT2D eigenvalue weighted by Gasteiger charge is -2.16. The van der Waals surface area contributed by atoms with Gasteiger partial charge in [0.15, 0.2) is 0 Å². The molecule has 1 saturated carbocycles. The standard InChI is InChI=1S/C14H24ClN3/c1-11(2)9-18-14(16-10-17-18)8-7-13(15)12-5-3-4-6-12/h10-13H,3-9H2,1-2H3. The molecule has 0 spiro atoms. The fourth-order valence-electron chi connectivity index (χ4n) is 2.80. The van der Waals surface area contributed by atoms with E-state index in [2.05, 4.69) is 23.9 Å². The molecule has 2 rings (SSSR count). The summed E-state index contributed by atoms with van der Waals surface area (Å²) in [5.74, 6) is 2.42. The van der Waals surface area contributed by atoms with Crippen molar-refractivity contribution in [2.45, 2.75) is 64.3 Å². The Balaban J connectivity index is 1.83. The summed E-state index contributed by atoms with van der Waals surface area (Å²) in [6.45, 7) is 5.36. The molecular weight excluding hydrogens is 246 g/mol. The minimum atomic E-state index is 0.316. The number of nitrogens with zero attached hydrogens (tertiary/aromatic N) is 3. The van der Waals surface area contributed by atoms with Crippen molar-refractivity contribution in [1.29, 1.82) is 0 Å². The monoisotopic (exact) mass is 269 g/mol. The molecule has 18 heavy (non-hydrogen) atoms. The summed E-state index contributed by atoms with van der Waals surface area (Å²) in [5.41, 5.74) is 0. The lowest BCUT2D eigenvalue weighted by molar-refractivity contribution is 0.449. The number of rotatable bonds is 6. The molecule has 1 heterocycles. The van der Waals surface area contributed by atoms with Crippen molar-refractivity contribution in [1.82, 2.24) is 14.8 Å². The van der Waals surface area contributed by atoms with E-state index in [9.17, 15) is 0 Å². The topological polar surface area (TPSA) is 30.7 Å². The number of hydrogen-bond acceptors (Lipinski definition) is 2. The first kappa shape index (κ1) is 13.9. The Morgan fingerprint density at radius 3 is 2.78 bits per heavy atom. The minimum absolute atomic E-state index is 0.316. The van der Waals surface area contributed by atoms with Gasteiger partial charge < -0.3 is 0 Å². The molecule has 1 aliphatic carbocycles. The van der Waals surface area contributed by atoms with Crippen molar-refractivity contribution in [3.05, 3.63) is 12.2 Å². The molecule has 1 fully saturated rings. The van der Waals surface area contributed by atoms with Crippen LogP contribution in [0.15, 0.2) is 6.33 Å². The van der Waals surface area contributed by atoms with Crippen molar-refractivity contribution in [2.24, 2.45) is 11.8 Å². The van der Waals surface area contributed by atoms with Crippen LogP contribution in [0.3, 0.4) is 0 Å². The molecule has 0 amide bonds. The highest BCUT2D eigenvalue weighted by Crippen LogP contribution is 2.32. The molecule has 3 nitrogen and oxygen atoms in total. The van der Waals surface area contributed by atoms with Gasteiger partial charge >= 0.3 is 0 Å². The molecule has 0 bridgehead atoms. The minimum Gasteiger partial charge on any atom is -0.250 e. The van der Waals surface area contributed by atoms with Gasteiger partial charge in [0.05, 0.1) is 0 Å². The fourth-order valence-corrected chi connectivity index (χ4v) is 3.16. The number of hydrogen-bond donors (Lipinski definition) is 0. The Labute approximate surface area is 115 Å². The van der Waals surface area contributed by atoms with E-state index in [1.54, 1.807) is 6.33 Å². The maximum atomic E-state index is 6.50. The zero-order valence-corrected chi connectivity index (χ0v) is 12.2. The Hall–Kier alpha value is -0.570. The Morgan fingerprint density at radius 1 is 1.39 bits per heavy atom. The van der Waals surface area contributed by atoms with Crippen LogP contribution in [0.4, 0.5) is 0 Å². The normalized spacial score (nSPS) is 18.7. The third-order valence-corrected chi connectivity index (χ3v) is 4.36. The Bertz CT molecular complexity index is 356. The van der Waals surface area contributed by atoms with Gasteiger partial charge in [-0.25, -0.2) is 9.67 Å². The van der Waals surface area contributed by atoms with Crippen LogP contribution in [0.5, 0.6) is 0 Å². The van der Waals surface area contributed by atoms with Gasteiger partial charge in [-0.3, -0.25) is 0 Å². The van der Waals surface area contributed by atoms with Crippen LogP contribution in [0.1, 0.15) is 51.8 Å². The highest BCUT2D eigenvalue weighted by atomic mass is 35.5. The van der Waals surface area contributed by atoms with E-state index in [0.29, 0.717) is 11.3 Å². The summed E-state index contributed by atoms with van der Waals surface area (Å²) in [7, 11) is 0. The molecule has 0 N–H and O–H groups in total. The van der Waals surface area contributed by atoms with Crippen molar-refractivity contribution >= 4 is 11.6 Å². The second-order valence-corrected chi connectivity index (χ2v) is 6.41. The van der Waals surface area contributed by atoms with Gasteiger partial charge in [-0.15, -0.1) is 11.6 Å². The van der Waals surface area contributed by atoms with E-state index < -0.39 is 0 Å². The fraction of sp³-hybridized carbons (Fsp3) is 0.857. The van der Waals surface area contributed by atoms with E-state index >= 15 is 0 Å². The molecule has 4 heteroatoms. The third kappa shape index (κ3) is 3.71. The second kappa shape index (κ2) is 6.55. The van der Waals surface area contributed by atoms with Crippen LogP contribution in [-0.4, -0.2) is 20.1 Å². The highest BCUT2D eigenvalue weighted by Gasteiger charge is 2.23. The Morgan fingerprint density at radius 2 is 2.11 bits per heavy atom. The first-order chi connectivity index (χ1) is 8.66. The van der Waals surface area contributed by atoms with Gasteiger partial charge in [-0.1, -0.05) is 26.7 Å². The van der Waals surface area contributed by atoms with Gasteiger partial charge in [0.25, 0.3) is 0 Å². The maximum absolute atomic E-state index is 6.50. The van der Waals surface area contributed by atoms with Crippen LogP contribution >= 0.6 is 11.6 Å². The largest absolute Gasteiger partial charge is 0.250 e. The first-order valence-corrected chi connectivity index (χ1v) is 7.61. The quantitative estimate of drug-likeness (QED) is 0.738. The van der Waals surface area contributed by atoms with E-state index in [-0.39, 0.29) is 0 Å². The molecule has 0 radical (unpaired) electrons. The zero-order valence-electron chi connectivity index (χ0n) is 11.5. The van der Waals surface area contributed by atoms with Crippen LogP contribution in [0, 0.1) is 11.8 Å². The molecule has 1 atom stereocenters. The predicted octanol–water partition coefficient (Wildman–Crippen LogP) is 3.66. The second-order valence-electron chi connectivity index (χ2n) is 5.85. The summed E-state index contributed by atoms with van der Waals surface area (Å²) in [6.07, 6.45) is 8.99. The Kier molecular flexibility index (Phi) is 5.04. The van der Waals surface area contributed by atoms with Gasteiger partial charge in [0.1, 0.15) is 12.2 Å². The van der Waals surface area contributed by atoms with E-state index in [0.717, 1.165) is 31.1 Å². The SMILES string of the molecule is CC(C)Cn1ncnc1CCC(Cl)C1CCCC1. The zero-order chi connectivity index (χ0) is 13.0. The van der Waals surface area contributed by atoms with Crippen LogP contribution in [0.2, 0.25) is 0 Å². The predicted molar refractivity (Wildman–Crippen MR) is 74.8 cm³/mol. The number of aryl methyl sites for hydroxylation is 1. The van der Waals surface area contributed by atoms with Gasteiger partial charge in [0, 0.05) is 18.3 Å². The van der Waals surface area contributed by atoms with Crippen LogP contribution < -0.4 is 0 Å². The van der Waals surface area contributed by atoms with E-state index in [1.165, 1.54) is 25.7 Å². The van der Waals surface area contributed by atoms with Crippen molar-refractivity contribution in [3.63, 3.8) is 0 Å². The van der Waals surface area contributed by atoms with Crippen LogP contribution in [-0.2, 0) is 13.0 Å². The average Bonchev–Trinajstić information content (AvgIpc) is 2.95. The van der Waals surface area contributed by atoms with Crippen molar-refractivity contribution < 1.29 is 0 Å². The lowest BCUT2D eigenvalue weighted by Crippen LogP contribution is -2.15. The maximum Gasteiger partial charge on any atom is 0.138 e. The molecule has 102 valence electrons. The summed E-state index contributed by atoms with van der Waals surface area (Å²) >= 11 is 6.50. The van der Waals surface area contributed by atoms with Crippen LogP contribution in [0.25, 0.3) is 0 Å². The average molecular weight is 270 g/mol. The molecule has 1 aromatic rings. The lowest BCUT2D eigenvalue weighted by atomic mass is 10.00. The first-order valence-electron chi connectivity index (χ1n) is 7.17. The summed E-state index contributed by atoms with van der Waals surface area (Å²) < 4.78 is 2.03. The molecule has 0 saturated heterocycles. The molecule has 0 aromatic carbocycles. The summed E-state index contributed by atoms with van der Waals surface area (Å²) in [6, 6.07) is 0. The van der Waals surface area contributed by atoms with Gasteiger partial charge in [-0.05, 0) is 31.1 Å². The number of aromatic nitrogens is 3. The molecule has 1 aromatic heterocycles. The molecule has 1 aliphatic rings. The third-order valence-electron chi connectivity index (χ3n) is 3.79. The van der Waals surface area contributed by atoms with Crippen molar-refractivity contribution in [2.75, 3.05) is 0 Å². The van der Waals surface area contributed by atoms with Crippen molar-refractivity contribution in [3.8, 4) is 0 Å². The summed E-state index contributed by atoms with van der Waals surface area (Å²) in [4.78, 5) is 4.36. The number of halogens is 1. The molecule has 0 aliphatic heterocycles. The number of alkyl halides is 1.